The number of benzene rings is 1. The largest absolute Gasteiger partial charge is 0.326 e. The van der Waals surface area contributed by atoms with Crippen molar-refractivity contribution in [1.29, 1.82) is 0 Å². The van der Waals surface area contributed by atoms with Gasteiger partial charge in [0, 0.05) is 17.7 Å². The van der Waals surface area contributed by atoms with Gasteiger partial charge in [-0.2, -0.15) is 0 Å². The van der Waals surface area contributed by atoms with Gasteiger partial charge in [-0.1, -0.05) is 18.2 Å². The fourth-order valence-electron chi connectivity index (χ4n) is 2.13. The first kappa shape index (κ1) is 14.3. The van der Waals surface area contributed by atoms with Crippen LogP contribution in [0, 0.1) is 20.8 Å². The Morgan fingerprint density at radius 2 is 1.85 bits per heavy atom. The van der Waals surface area contributed by atoms with E-state index >= 15 is 0 Å². The summed E-state index contributed by atoms with van der Waals surface area (Å²) in [7, 11) is 0. The third kappa shape index (κ3) is 2.58. The van der Waals surface area contributed by atoms with E-state index in [0.29, 0.717) is 24.2 Å². The van der Waals surface area contributed by atoms with Crippen LogP contribution in [-0.4, -0.2) is 9.78 Å². The first-order valence-electron chi connectivity index (χ1n) is 6.53. The van der Waals surface area contributed by atoms with Crippen molar-refractivity contribution in [2.75, 3.05) is 0 Å². The van der Waals surface area contributed by atoms with E-state index in [1.54, 1.807) is 13.8 Å². The number of aryl methyl sites for hydroxylation is 1. The maximum absolute atomic E-state index is 12.2. The van der Waals surface area contributed by atoms with Gasteiger partial charge >= 0.3 is 0 Å². The van der Waals surface area contributed by atoms with E-state index in [1.807, 2.05) is 25.1 Å². The van der Waals surface area contributed by atoms with Gasteiger partial charge in [0.1, 0.15) is 0 Å². The molecule has 0 aliphatic carbocycles. The van der Waals surface area contributed by atoms with Crippen LogP contribution < -0.4 is 16.9 Å². The van der Waals surface area contributed by atoms with Crippen molar-refractivity contribution >= 4 is 0 Å². The lowest BCUT2D eigenvalue weighted by molar-refractivity contribution is 0.616. The molecule has 1 aromatic heterocycles. The minimum absolute atomic E-state index is 0.163. The molecule has 2 aromatic rings. The number of nitrogens with one attached hydrogen (secondary N) is 1. The summed E-state index contributed by atoms with van der Waals surface area (Å²) in [4.78, 5) is 23.9. The zero-order chi connectivity index (χ0) is 14.9. The van der Waals surface area contributed by atoms with E-state index < -0.39 is 0 Å². The van der Waals surface area contributed by atoms with Gasteiger partial charge in [-0.05, 0) is 37.5 Å². The maximum Gasteiger partial charge on any atom is 0.268 e. The fourth-order valence-corrected chi connectivity index (χ4v) is 2.13. The number of hydrogen-bond donors (Lipinski definition) is 2. The predicted molar refractivity (Wildman–Crippen MR) is 79.0 cm³/mol. The second kappa shape index (κ2) is 5.46. The van der Waals surface area contributed by atoms with Gasteiger partial charge in [0.15, 0.2) is 0 Å². The van der Waals surface area contributed by atoms with E-state index in [0.717, 1.165) is 16.7 Å². The standard InChI is InChI=1S/C15H19N3O2/c1-9-6-12(7-16)4-5-13(9)8-18-15(20)11(3)10(2)14(19)17-18/h4-6H,7-8,16H2,1-3H3,(H,17,19). The number of nitrogens with zero attached hydrogens (tertiary/aromatic N) is 1. The summed E-state index contributed by atoms with van der Waals surface area (Å²) < 4.78 is 1.36. The molecule has 0 fully saturated rings. The van der Waals surface area contributed by atoms with Crippen LogP contribution in [0.25, 0.3) is 0 Å². The highest BCUT2D eigenvalue weighted by molar-refractivity contribution is 5.31. The molecule has 0 atom stereocenters. The Kier molecular flexibility index (Phi) is 3.90. The summed E-state index contributed by atoms with van der Waals surface area (Å²) in [5.74, 6) is 0. The number of H-pyrrole nitrogens is 1. The van der Waals surface area contributed by atoms with Crippen LogP contribution in [0.5, 0.6) is 0 Å². The first-order chi connectivity index (χ1) is 9.43. The summed E-state index contributed by atoms with van der Waals surface area (Å²) in [6.45, 7) is 6.14. The van der Waals surface area contributed by atoms with Crippen LogP contribution in [-0.2, 0) is 13.1 Å². The van der Waals surface area contributed by atoms with Crippen molar-refractivity contribution < 1.29 is 0 Å². The molecule has 1 heterocycles. The third-order valence-electron chi connectivity index (χ3n) is 3.68. The van der Waals surface area contributed by atoms with E-state index in [1.165, 1.54) is 4.68 Å². The number of nitrogens with two attached hydrogens (primary N) is 1. The molecule has 0 unspecified atom stereocenters. The van der Waals surface area contributed by atoms with Crippen LogP contribution in [0.2, 0.25) is 0 Å². The van der Waals surface area contributed by atoms with E-state index in [-0.39, 0.29) is 11.1 Å². The molecule has 0 aliphatic rings. The zero-order valence-electron chi connectivity index (χ0n) is 12.0. The van der Waals surface area contributed by atoms with Gasteiger partial charge < -0.3 is 5.73 Å². The summed E-state index contributed by atoms with van der Waals surface area (Å²) in [6, 6.07) is 5.88. The van der Waals surface area contributed by atoms with Gasteiger partial charge in [0.05, 0.1) is 6.54 Å². The lowest BCUT2D eigenvalue weighted by atomic mass is 10.1. The Morgan fingerprint density at radius 1 is 1.15 bits per heavy atom. The normalized spacial score (nSPS) is 10.8. The smallest absolute Gasteiger partial charge is 0.268 e. The van der Waals surface area contributed by atoms with E-state index in [2.05, 4.69) is 5.10 Å². The molecule has 5 nitrogen and oxygen atoms in total. The predicted octanol–water partition coefficient (Wildman–Crippen LogP) is 0.969. The molecule has 0 amide bonds. The summed E-state index contributed by atoms with van der Waals surface area (Å²) in [6.07, 6.45) is 0. The molecule has 0 saturated heterocycles. The van der Waals surface area contributed by atoms with E-state index in [9.17, 15) is 9.59 Å². The SMILES string of the molecule is Cc1cc(CN)ccc1Cn1[nH]c(=O)c(C)c(C)c1=O. The molecule has 1 aromatic carbocycles. The molecule has 3 N–H and O–H groups in total. The molecule has 20 heavy (non-hydrogen) atoms. The Bertz CT molecular complexity index is 757. The molecule has 5 heteroatoms. The molecule has 0 spiro atoms. The summed E-state index contributed by atoms with van der Waals surface area (Å²) >= 11 is 0. The van der Waals surface area contributed by atoms with Crippen molar-refractivity contribution in [2.45, 2.75) is 33.9 Å². The minimum atomic E-state index is -0.224. The van der Waals surface area contributed by atoms with Crippen molar-refractivity contribution in [3.8, 4) is 0 Å². The van der Waals surface area contributed by atoms with Gasteiger partial charge in [-0.3, -0.25) is 14.7 Å². The summed E-state index contributed by atoms with van der Waals surface area (Å²) in [5.41, 5.74) is 9.27. The van der Waals surface area contributed by atoms with Crippen molar-refractivity contribution in [1.82, 2.24) is 9.78 Å². The molecule has 0 radical (unpaired) electrons. The van der Waals surface area contributed by atoms with Crippen molar-refractivity contribution in [3.63, 3.8) is 0 Å². The molecule has 0 bridgehead atoms. The van der Waals surface area contributed by atoms with Gasteiger partial charge in [-0.25, -0.2) is 4.68 Å². The summed E-state index contributed by atoms with van der Waals surface area (Å²) in [5, 5.41) is 2.61. The van der Waals surface area contributed by atoms with Gasteiger partial charge in [0.2, 0.25) is 0 Å². The highest BCUT2D eigenvalue weighted by Gasteiger charge is 2.08. The zero-order valence-corrected chi connectivity index (χ0v) is 12.0. The van der Waals surface area contributed by atoms with Crippen LogP contribution >= 0.6 is 0 Å². The van der Waals surface area contributed by atoms with E-state index in [4.69, 9.17) is 5.73 Å². The fraction of sp³-hybridized carbons (Fsp3) is 0.333. The molecule has 2 rings (SSSR count). The first-order valence-corrected chi connectivity index (χ1v) is 6.53. The Labute approximate surface area is 117 Å². The second-order valence-corrected chi connectivity index (χ2v) is 5.05. The number of rotatable bonds is 3. The maximum atomic E-state index is 12.2. The van der Waals surface area contributed by atoms with Crippen LogP contribution in [0.15, 0.2) is 27.8 Å². The van der Waals surface area contributed by atoms with Crippen molar-refractivity contribution in [3.05, 3.63) is 66.7 Å². The quantitative estimate of drug-likeness (QED) is 0.874. The Hall–Kier alpha value is -2.14. The lowest BCUT2D eigenvalue weighted by Crippen LogP contribution is -2.33. The van der Waals surface area contributed by atoms with Crippen LogP contribution in [0.4, 0.5) is 0 Å². The lowest BCUT2D eigenvalue weighted by Gasteiger charge is -2.11. The number of hydrogen-bond acceptors (Lipinski definition) is 3. The van der Waals surface area contributed by atoms with Crippen LogP contribution in [0.3, 0.4) is 0 Å². The minimum Gasteiger partial charge on any atom is -0.326 e. The highest BCUT2D eigenvalue weighted by Crippen LogP contribution is 2.11. The van der Waals surface area contributed by atoms with Gasteiger partial charge in [-0.15, -0.1) is 0 Å². The molecular formula is C15H19N3O2. The topological polar surface area (TPSA) is 80.9 Å². The molecule has 0 aliphatic heterocycles. The molecule has 0 saturated carbocycles. The number of aromatic nitrogens is 2. The third-order valence-corrected chi connectivity index (χ3v) is 3.68. The van der Waals surface area contributed by atoms with Crippen LogP contribution in [0.1, 0.15) is 27.8 Å². The monoisotopic (exact) mass is 273 g/mol. The average molecular weight is 273 g/mol. The molecular weight excluding hydrogens is 254 g/mol. The highest BCUT2D eigenvalue weighted by atomic mass is 16.2. The Morgan fingerprint density at radius 3 is 2.45 bits per heavy atom. The van der Waals surface area contributed by atoms with Gasteiger partial charge in [0.25, 0.3) is 11.1 Å². The number of aromatic amines is 1. The second-order valence-electron chi connectivity index (χ2n) is 5.05. The van der Waals surface area contributed by atoms with Crippen molar-refractivity contribution in [2.24, 2.45) is 5.73 Å². The molecule has 106 valence electrons. The Balaban J connectivity index is 2.46. The average Bonchev–Trinajstić information content (AvgIpc) is 2.44.